The highest BCUT2D eigenvalue weighted by Gasteiger charge is 2.11. The number of rotatable bonds is 5. The fourth-order valence-electron chi connectivity index (χ4n) is 2.71. The highest BCUT2D eigenvalue weighted by Crippen LogP contribution is 2.20. The quantitative estimate of drug-likeness (QED) is 0.902. The lowest BCUT2D eigenvalue weighted by Crippen LogP contribution is -2.13. The van der Waals surface area contributed by atoms with Gasteiger partial charge < -0.3 is 5.32 Å². The Balaban J connectivity index is 2.37. The van der Waals surface area contributed by atoms with Gasteiger partial charge in [0.1, 0.15) is 0 Å². The van der Waals surface area contributed by atoms with E-state index in [9.17, 15) is 0 Å². The van der Waals surface area contributed by atoms with Crippen LogP contribution in [0.3, 0.4) is 0 Å². The first-order valence-corrected chi connectivity index (χ1v) is 7.44. The van der Waals surface area contributed by atoms with Crippen molar-refractivity contribution in [3.8, 4) is 5.69 Å². The largest absolute Gasteiger partial charge is 0.313 e. The number of nitrogens with zero attached hydrogens (tertiary/aromatic N) is 2. The van der Waals surface area contributed by atoms with Crippen LogP contribution in [0, 0.1) is 20.8 Å². The van der Waals surface area contributed by atoms with Crippen molar-refractivity contribution in [3.05, 3.63) is 46.3 Å². The van der Waals surface area contributed by atoms with Crippen LogP contribution in [0.25, 0.3) is 5.69 Å². The zero-order valence-electron chi connectivity index (χ0n) is 13.2. The zero-order valence-corrected chi connectivity index (χ0v) is 13.2. The fraction of sp³-hybridized carbons (Fsp3) is 0.471. The van der Waals surface area contributed by atoms with Crippen LogP contribution in [0.2, 0.25) is 0 Å². The summed E-state index contributed by atoms with van der Waals surface area (Å²) in [5.74, 6) is 0. The smallest absolute Gasteiger partial charge is 0.0651 e. The summed E-state index contributed by atoms with van der Waals surface area (Å²) < 4.78 is 2.07. The van der Waals surface area contributed by atoms with E-state index in [1.165, 1.54) is 22.4 Å². The lowest BCUT2D eigenvalue weighted by molar-refractivity contribution is 0.722. The minimum Gasteiger partial charge on any atom is -0.313 e. The summed E-state index contributed by atoms with van der Waals surface area (Å²) in [4.78, 5) is 0. The lowest BCUT2D eigenvalue weighted by Gasteiger charge is -2.10. The molecule has 1 heterocycles. The maximum absolute atomic E-state index is 4.69. The Morgan fingerprint density at radius 2 is 1.90 bits per heavy atom. The predicted molar refractivity (Wildman–Crippen MR) is 84.5 cm³/mol. The Labute approximate surface area is 122 Å². The molecule has 3 nitrogen and oxygen atoms in total. The van der Waals surface area contributed by atoms with Gasteiger partial charge in [0, 0.05) is 12.2 Å². The van der Waals surface area contributed by atoms with Crippen LogP contribution in [0.1, 0.15) is 41.9 Å². The molecular formula is C17H25N3. The van der Waals surface area contributed by atoms with Crippen LogP contribution in [-0.4, -0.2) is 16.3 Å². The highest BCUT2D eigenvalue weighted by atomic mass is 15.3. The summed E-state index contributed by atoms with van der Waals surface area (Å²) in [6.07, 6.45) is 1.04. The van der Waals surface area contributed by atoms with Crippen molar-refractivity contribution in [2.75, 3.05) is 6.54 Å². The van der Waals surface area contributed by atoms with Crippen molar-refractivity contribution in [3.63, 3.8) is 0 Å². The highest BCUT2D eigenvalue weighted by molar-refractivity contribution is 5.42. The number of hydrogen-bond acceptors (Lipinski definition) is 2. The molecule has 0 radical (unpaired) electrons. The molecule has 0 aliphatic rings. The molecule has 1 aromatic heterocycles. The first-order chi connectivity index (χ1) is 9.58. The van der Waals surface area contributed by atoms with Gasteiger partial charge in [-0.05, 0) is 62.6 Å². The number of hydrogen-bond donors (Lipinski definition) is 1. The van der Waals surface area contributed by atoms with Gasteiger partial charge in [-0.1, -0.05) is 19.9 Å². The molecule has 1 N–H and O–H groups in total. The Bertz CT molecular complexity index is 597. The van der Waals surface area contributed by atoms with E-state index in [2.05, 4.69) is 67.9 Å². The van der Waals surface area contributed by atoms with Crippen LogP contribution in [0.15, 0.2) is 18.2 Å². The SMILES string of the molecule is CCNCc1ccc(-n2nc(C)c(CC)c2C)cc1C. The van der Waals surface area contributed by atoms with Gasteiger partial charge in [-0.3, -0.25) is 0 Å². The standard InChI is InChI=1S/C17H25N3/c1-6-17-13(4)19-20(14(17)5)16-9-8-15(11-18-7-2)12(3)10-16/h8-10,18H,6-7,11H2,1-5H3. The van der Waals surface area contributed by atoms with E-state index in [1.807, 2.05) is 0 Å². The van der Waals surface area contributed by atoms with Crippen LogP contribution in [0.5, 0.6) is 0 Å². The first-order valence-electron chi connectivity index (χ1n) is 7.44. The molecule has 0 aliphatic carbocycles. The second-order valence-electron chi connectivity index (χ2n) is 5.31. The van der Waals surface area contributed by atoms with Crippen molar-refractivity contribution < 1.29 is 0 Å². The summed E-state index contributed by atoms with van der Waals surface area (Å²) >= 11 is 0. The van der Waals surface area contributed by atoms with Gasteiger partial charge in [0.25, 0.3) is 0 Å². The maximum Gasteiger partial charge on any atom is 0.0651 e. The second kappa shape index (κ2) is 6.23. The zero-order chi connectivity index (χ0) is 14.7. The molecule has 0 spiro atoms. The molecule has 0 fully saturated rings. The Morgan fingerprint density at radius 1 is 1.15 bits per heavy atom. The molecule has 108 valence electrons. The van der Waals surface area contributed by atoms with E-state index in [4.69, 9.17) is 0 Å². The first kappa shape index (κ1) is 14.8. The molecule has 2 aromatic rings. The monoisotopic (exact) mass is 271 g/mol. The van der Waals surface area contributed by atoms with Gasteiger partial charge in [0.15, 0.2) is 0 Å². The molecule has 0 atom stereocenters. The van der Waals surface area contributed by atoms with E-state index >= 15 is 0 Å². The molecule has 0 bridgehead atoms. The van der Waals surface area contributed by atoms with Crippen molar-refractivity contribution in [1.29, 1.82) is 0 Å². The van der Waals surface area contributed by atoms with Gasteiger partial charge in [-0.15, -0.1) is 0 Å². The summed E-state index contributed by atoms with van der Waals surface area (Å²) in [6, 6.07) is 6.60. The third-order valence-electron chi connectivity index (χ3n) is 3.93. The Hall–Kier alpha value is -1.61. The van der Waals surface area contributed by atoms with E-state index in [0.717, 1.165) is 30.9 Å². The topological polar surface area (TPSA) is 29.9 Å². The van der Waals surface area contributed by atoms with Gasteiger partial charge in [0.05, 0.1) is 11.4 Å². The lowest BCUT2D eigenvalue weighted by atomic mass is 10.1. The molecule has 0 aliphatic heterocycles. The van der Waals surface area contributed by atoms with Gasteiger partial charge >= 0.3 is 0 Å². The van der Waals surface area contributed by atoms with Gasteiger partial charge in [-0.2, -0.15) is 5.10 Å². The number of aryl methyl sites for hydroxylation is 2. The third-order valence-corrected chi connectivity index (χ3v) is 3.93. The second-order valence-corrected chi connectivity index (χ2v) is 5.31. The van der Waals surface area contributed by atoms with Crippen LogP contribution in [-0.2, 0) is 13.0 Å². The fourth-order valence-corrected chi connectivity index (χ4v) is 2.71. The van der Waals surface area contributed by atoms with E-state index < -0.39 is 0 Å². The Morgan fingerprint density at radius 3 is 2.45 bits per heavy atom. The molecule has 3 heteroatoms. The van der Waals surface area contributed by atoms with Crippen molar-refractivity contribution >= 4 is 0 Å². The van der Waals surface area contributed by atoms with Crippen molar-refractivity contribution in [1.82, 2.24) is 15.1 Å². The van der Waals surface area contributed by atoms with E-state index in [-0.39, 0.29) is 0 Å². The van der Waals surface area contributed by atoms with Crippen LogP contribution < -0.4 is 5.32 Å². The normalized spacial score (nSPS) is 11.1. The van der Waals surface area contributed by atoms with Crippen molar-refractivity contribution in [2.45, 2.75) is 47.6 Å². The predicted octanol–water partition coefficient (Wildman–Crippen LogP) is 3.47. The third kappa shape index (κ3) is 2.78. The van der Waals surface area contributed by atoms with Gasteiger partial charge in [-0.25, -0.2) is 4.68 Å². The van der Waals surface area contributed by atoms with Gasteiger partial charge in [0.2, 0.25) is 0 Å². The molecule has 20 heavy (non-hydrogen) atoms. The molecule has 0 unspecified atom stereocenters. The van der Waals surface area contributed by atoms with Crippen molar-refractivity contribution in [2.24, 2.45) is 0 Å². The molecular weight excluding hydrogens is 246 g/mol. The molecule has 2 rings (SSSR count). The van der Waals surface area contributed by atoms with Crippen LogP contribution >= 0.6 is 0 Å². The molecule has 0 amide bonds. The molecule has 0 saturated carbocycles. The number of aromatic nitrogens is 2. The van der Waals surface area contributed by atoms with E-state index in [0.29, 0.717) is 0 Å². The van der Waals surface area contributed by atoms with Crippen LogP contribution in [0.4, 0.5) is 0 Å². The van der Waals surface area contributed by atoms with E-state index in [1.54, 1.807) is 0 Å². The molecule has 1 aromatic carbocycles. The number of nitrogens with one attached hydrogen (secondary N) is 1. The minimum atomic E-state index is 0.930. The minimum absolute atomic E-state index is 0.930. The Kier molecular flexibility index (Phi) is 4.61. The summed E-state index contributed by atoms with van der Waals surface area (Å²) in [5, 5.41) is 8.06. The summed E-state index contributed by atoms with van der Waals surface area (Å²) in [7, 11) is 0. The maximum atomic E-state index is 4.69. The molecule has 0 saturated heterocycles. The average Bonchev–Trinajstić information content (AvgIpc) is 2.72. The average molecular weight is 271 g/mol. The number of benzene rings is 1. The summed E-state index contributed by atoms with van der Waals surface area (Å²) in [5.41, 5.74) is 7.58. The summed E-state index contributed by atoms with van der Waals surface area (Å²) in [6.45, 7) is 12.7.